The Labute approximate surface area is 136 Å². The molecule has 1 aliphatic carbocycles. The zero-order valence-electron chi connectivity index (χ0n) is 13.6. The van der Waals surface area contributed by atoms with Gasteiger partial charge in [-0.05, 0) is 25.3 Å². The molecule has 0 radical (unpaired) electrons. The molecular weight excluding hydrogens is 296 g/mol. The summed E-state index contributed by atoms with van der Waals surface area (Å²) in [6.07, 6.45) is 3.65. The Kier molecular flexibility index (Phi) is 5.84. The number of para-hydroxylation sites is 1. The van der Waals surface area contributed by atoms with Crippen molar-refractivity contribution in [1.82, 2.24) is 10.2 Å². The SMILES string of the molecule is CC(CN(C)C(=O)NCc1ccccc1OC1CCC1)C(=O)O. The molecule has 1 atom stereocenters. The standard InChI is InChI=1S/C17H24N2O4/c1-12(16(20)21)11-19(2)17(22)18-10-13-6-3-4-9-15(13)23-14-7-5-8-14/h3-4,6,9,12,14H,5,7-8,10-11H2,1-2H3,(H,18,22)(H,20,21). The van der Waals surface area contributed by atoms with E-state index in [0.29, 0.717) is 6.54 Å². The molecule has 2 amide bonds. The van der Waals surface area contributed by atoms with Gasteiger partial charge in [0.05, 0.1) is 12.0 Å². The van der Waals surface area contributed by atoms with Crippen molar-refractivity contribution >= 4 is 12.0 Å². The number of hydrogen-bond donors (Lipinski definition) is 2. The first-order chi connectivity index (χ1) is 11.0. The van der Waals surface area contributed by atoms with E-state index in [-0.39, 0.29) is 18.7 Å². The minimum atomic E-state index is -0.913. The van der Waals surface area contributed by atoms with Crippen LogP contribution in [0, 0.1) is 5.92 Å². The number of carboxylic acid groups (broad SMARTS) is 1. The Morgan fingerprint density at radius 2 is 2.09 bits per heavy atom. The van der Waals surface area contributed by atoms with Crippen LogP contribution >= 0.6 is 0 Å². The monoisotopic (exact) mass is 320 g/mol. The number of nitrogens with zero attached hydrogens (tertiary/aromatic N) is 1. The van der Waals surface area contributed by atoms with Gasteiger partial charge in [0.1, 0.15) is 5.75 Å². The number of rotatable bonds is 7. The summed E-state index contributed by atoms with van der Waals surface area (Å²) >= 11 is 0. The predicted molar refractivity (Wildman–Crippen MR) is 86.4 cm³/mol. The number of nitrogens with one attached hydrogen (secondary N) is 1. The van der Waals surface area contributed by atoms with Crippen LogP contribution in [-0.4, -0.2) is 41.7 Å². The molecule has 0 saturated heterocycles. The van der Waals surface area contributed by atoms with Gasteiger partial charge in [-0.25, -0.2) is 4.79 Å². The van der Waals surface area contributed by atoms with E-state index >= 15 is 0 Å². The molecule has 1 aromatic carbocycles. The summed E-state index contributed by atoms with van der Waals surface area (Å²) in [5.74, 6) is -0.706. The van der Waals surface area contributed by atoms with E-state index < -0.39 is 11.9 Å². The van der Waals surface area contributed by atoms with E-state index in [1.807, 2.05) is 24.3 Å². The molecule has 2 N–H and O–H groups in total. The molecule has 1 saturated carbocycles. The van der Waals surface area contributed by atoms with Crippen molar-refractivity contribution in [3.05, 3.63) is 29.8 Å². The summed E-state index contributed by atoms with van der Waals surface area (Å²) < 4.78 is 5.93. The Balaban J connectivity index is 1.87. The van der Waals surface area contributed by atoms with Gasteiger partial charge < -0.3 is 20.1 Å². The van der Waals surface area contributed by atoms with Crippen LogP contribution in [0.4, 0.5) is 4.79 Å². The van der Waals surface area contributed by atoms with Gasteiger partial charge in [-0.15, -0.1) is 0 Å². The van der Waals surface area contributed by atoms with Crippen LogP contribution in [0.3, 0.4) is 0 Å². The van der Waals surface area contributed by atoms with Gasteiger partial charge in [-0.1, -0.05) is 25.1 Å². The minimum absolute atomic E-state index is 0.168. The molecule has 0 aromatic heterocycles. The fraction of sp³-hybridized carbons (Fsp3) is 0.529. The van der Waals surface area contributed by atoms with Gasteiger partial charge in [0, 0.05) is 25.7 Å². The van der Waals surface area contributed by atoms with Gasteiger partial charge in [0.25, 0.3) is 0 Å². The van der Waals surface area contributed by atoms with Gasteiger partial charge in [0.15, 0.2) is 0 Å². The lowest BCUT2D eigenvalue weighted by Crippen LogP contribution is -2.40. The van der Waals surface area contributed by atoms with Crippen molar-refractivity contribution in [2.45, 2.75) is 38.8 Å². The summed E-state index contributed by atoms with van der Waals surface area (Å²) in [6.45, 7) is 2.10. The highest BCUT2D eigenvalue weighted by Crippen LogP contribution is 2.27. The smallest absolute Gasteiger partial charge is 0.317 e. The third-order valence-corrected chi connectivity index (χ3v) is 4.06. The molecule has 0 spiro atoms. The van der Waals surface area contributed by atoms with E-state index in [0.717, 1.165) is 24.2 Å². The van der Waals surface area contributed by atoms with Crippen molar-refractivity contribution < 1.29 is 19.4 Å². The quantitative estimate of drug-likeness (QED) is 0.809. The zero-order valence-corrected chi connectivity index (χ0v) is 13.6. The topological polar surface area (TPSA) is 78.9 Å². The van der Waals surface area contributed by atoms with Gasteiger partial charge in [-0.3, -0.25) is 4.79 Å². The number of amides is 2. The maximum atomic E-state index is 12.1. The fourth-order valence-corrected chi connectivity index (χ4v) is 2.31. The lowest BCUT2D eigenvalue weighted by atomic mass is 9.96. The highest BCUT2D eigenvalue weighted by molar-refractivity contribution is 5.75. The second-order valence-corrected chi connectivity index (χ2v) is 6.06. The third-order valence-electron chi connectivity index (χ3n) is 4.06. The second kappa shape index (κ2) is 7.85. The van der Waals surface area contributed by atoms with E-state index in [1.165, 1.54) is 11.3 Å². The van der Waals surface area contributed by atoms with Gasteiger partial charge in [0.2, 0.25) is 0 Å². The number of benzene rings is 1. The Hall–Kier alpha value is -2.24. The third kappa shape index (κ3) is 4.87. The van der Waals surface area contributed by atoms with Crippen molar-refractivity contribution in [2.75, 3.05) is 13.6 Å². The van der Waals surface area contributed by atoms with Crippen molar-refractivity contribution in [1.29, 1.82) is 0 Å². The Bertz CT molecular complexity index is 557. The molecule has 1 unspecified atom stereocenters. The zero-order chi connectivity index (χ0) is 16.8. The van der Waals surface area contributed by atoms with E-state index in [9.17, 15) is 9.59 Å². The average Bonchev–Trinajstić information content (AvgIpc) is 2.49. The number of ether oxygens (including phenoxy) is 1. The number of carbonyl (C=O) groups excluding carboxylic acids is 1. The second-order valence-electron chi connectivity index (χ2n) is 6.06. The summed E-state index contributed by atoms with van der Waals surface area (Å²) in [7, 11) is 1.59. The Morgan fingerprint density at radius 3 is 2.70 bits per heavy atom. The first kappa shape index (κ1) is 17.1. The number of urea groups is 1. The van der Waals surface area contributed by atoms with Crippen LogP contribution in [0.5, 0.6) is 5.75 Å². The van der Waals surface area contributed by atoms with E-state index in [2.05, 4.69) is 5.32 Å². The molecule has 0 bridgehead atoms. The van der Waals surface area contributed by atoms with Crippen LogP contribution in [0.1, 0.15) is 31.7 Å². The minimum Gasteiger partial charge on any atom is -0.490 e. The van der Waals surface area contributed by atoms with Crippen molar-refractivity contribution in [2.24, 2.45) is 5.92 Å². The lowest BCUT2D eigenvalue weighted by molar-refractivity contribution is -0.141. The molecule has 23 heavy (non-hydrogen) atoms. The van der Waals surface area contributed by atoms with E-state index in [4.69, 9.17) is 9.84 Å². The molecule has 1 aromatic rings. The number of aliphatic carboxylic acids is 1. The van der Waals surface area contributed by atoms with E-state index in [1.54, 1.807) is 14.0 Å². The highest BCUT2D eigenvalue weighted by Gasteiger charge is 2.21. The summed E-state index contributed by atoms with van der Waals surface area (Å²) in [6, 6.07) is 7.37. The molecule has 2 rings (SSSR count). The maximum absolute atomic E-state index is 12.1. The molecule has 6 nitrogen and oxygen atoms in total. The normalized spacial score (nSPS) is 15.4. The number of carbonyl (C=O) groups is 2. The molecule has 6 heteroatoms. The lowest BCUT2D eigenvalue weighted by Gasteiger charge is -2.27. The molecule has 0 aliphatic heterocycles. The molecular formula is C17H24N2O4. The molecule has 126 valence electrons. The average molecular weight is 320 g/mol. The Morgan fingerprint density at radius 1 is 1.39 bits per heavy atom. The largest absolute Gasteiger partial charge is 0.490 e. The summed E-state index contributed by atoms with van der Waals surface area (Å²) in [5, 5.41) is 11.7. The molecule has 0 heterocycles. The summed E-state index contributed by atoms with van der Waals surface area (Å²) in [4.78, 5) is 24.3. The maximum Gasteiger partial charge on any atom is 0.317 e. The first-order valence-corrected chi connectivity index (χ1v) is 7.93. The first-order valence-electron chi connectivity index (χ1n) is 7.93. The number of carboxylic acids is 1. The number of hydrogen-bond acceptors (Lipinski definition) is 3. The fourth-order valence-electron chi connectivity index (χ4n) is 2.31. The summed E-state index contributed by atoms with van der Waals surface area (Å²) in [5.41, 5.74) is 0.924. The van der Waals surface area contributed by atoms with Crippen LogP contribution in [-0.2, 0) is 11.3 Å². The molecule has 1 aliphatic rings. The van der Waals surface area contributed by atoms with Crippen molar-refractivity contribution in [3.8, 4) is 5.75 Å². The van der Waals surface area contributed by atoms with Crippen LogP contribution in [0.2, 0.25) is 0 Å². The highest BCUT2D eigenvalue weighted by atomic mass is 16.5. The van der Waals surface area contributed by atoms with Crippen LogP contribution in [0.25, 0.3) is 0 Å². The van der Waals surface area contributed by atoms with Gasteiger partial charge in [-0.2, -0.15) is 0 Å². The van der Waals surface area contributed by atoms with Crippen LogP contribution < -0.4 is 10.1 Å². The predicted octanol–water partition coefficient (Wildman–Crippen LogP) is 2.48. The van der Waals surface area contributed by atoms with Gasteiger partial charge >= 0.3 is 12.0 Å². The van der Waals surface area contributed by atoms with Crippen LogP contribution in [0.15, 0.2) is 24.3 Å². The molecule has 1 fully saturated rings. The van der Waals surface area contributed by atoms with Crippen molar-refractivity contribution in [3.63, 3.8) is 0 Å².